The van der Waals surface area contributed by atoms with Crippen LogP contribution in [0.15, 0.2) is 64.6 Å². The minimum Gasteiger partial charge on any atom is -0.388 e. The second kappa shape index (κ2) is 13.4. The van der Waals surface area contributed by atoms with Crippen LogP contribution in [-0.4, -0.2) is 30.2 Å². The molecule has 0 amide bonds. The van der Waals surface area contributed by atoms with Crippen molar-refractivity contribution in [1.29, 1.82) is 0 Å². The third-order valence-electron chi connectivity index (χ3n) is 6.08. The molecule has 0 unspecified atom stereocenters. The third-order valence-corrected chi connectivity index (χ3v) is 6.08. The molecule has 3 heteroatoms. The Labute approximate surface area is 192 Å². The summed E-state index contributed by atoms with van der Waals surface area (Å²) in [7, 11) is 1.92. The van der Waals surface area contributed by atoms with Crippen LogP contribution in [0.25, 0.3) is 0 Å². The SMILES string of the molecule is C=C\C=C/C(=C(\C)CCC1CC1)C(/C)=N/C(=C(\C)C(=C)NC)N(CCC(C)C)C(C)C. The molecule has 0 aromatic heterocycles. The van der Waals surface area contributed by atoms with Crippen molar-refractivity contribution in [3.8, 4) is 0 Å². The van der Waals surface area contributed by atoms with E-state index >= 15 is 0 Å². The highest BCUT2D eigenvalue weighted by atomic mass is 15.2. The lowest BCUT2D eigenvalue weighted by molar-refractivity contribution is 0.262. The van der Waals surface area contributed by atoms with Crippen LogP contribution in [-0.2, 0) is 0 Å². The molecule has 0 heterocycles. The van der Waals surface area contributed by atoms with Crippen molar-refractivity contribution in [3.05, 3.63) is 59.6 Å². The number of rotatable bonds is 14. The maximum atomic E-state index is 5.24. The molecule has 1 saturated carbocycles. The molecule has 1 aliphatic carbocycles. The van der Waals surface area contributed by atoms with Crippen molar-refractivity contribution in [2.75, 3.05) is 13.6 Å². The zero-order chi connectivity index (χ0) is 23.6. The highest BCUT2D eigenvalue weighted by Crippen LogP contribution is 2.35. The predicted octanol–water partition coefficient (Wildman–Crippen LogP) is 7.42. The zero-order valence-corrected chi connectivity index (χ0v) is 21.5. The fraction of sp³-hybridized carbons (Fsp3) is 0.607. The van der Waals surface area contributed by atoms with Gasteiger partial charge in [-0.25, -0.2) is 4.99 Å². The van der Waals surface area contributed by atoms with Crippen molar-refractivity contribution >= 4 is 5.71 Å². The van der Waals surface area contributed by atoms with E-state index in [9.17, 15) is 0 Å². The van der Waals surface area contributed by atoms with Crippen LogP contribution < -0.4 is 5.32 Å². The molecule has 0 bridgehead atoms. The molecule has 0 aromatic rings. The van der Waals surface area contributed by atoms with Gasteiger partial charge in [-0.05, 0) is 71.3 Å². The second-order valence-corrected chi connectivity index (χ2v) is 9.61. The van der Waals surface area contributed by atoms with Gasteiger partial charge in [-0.15, -0.1) is 0 Å². The van der Waals surface area contributed by atoms with E-state index < -0.39 is 0 Å². The standard InChI is InChI=1S/C28H47N3/c1-11-12-13-27(22(6)14-15-26-16-17-26)25(9)30-28(23(7)24(8)29-10)31(21(4)5)19-18-20(2)3/h11-13,20-21,26,29H,1,8,14-19H2,2-7,9-10H3/b13-12-,27-22-,28-23-,30-25+. The average Bonchev–Trinajstić information content (AvgIpc) is 3.54. The lowest BCUT2D eigenvalue weighted by atomic mass is 9.99. The summed E-state index contributed by atoms with van der Waals surface area (Å²) in [6.07, 6.45) is 12.4. The normalized spacial score (nSPS) is 16.5. The van der Waals surface area contributed by atoms with Crippen molar-refractivity contribution in [1.82, 2.24) is 10.2 Å². The summed E-state index contributed by atoms with van der Waals surface area (Å²) in [5.74, 6) is 2.60. The van der Waals surface area contributed by atoms with E-state index in [2.05, 4.69) is 77.9 Å². The molecule has 0 atom stereocenters. The summed E-state index contributed by atoms with van der Waals surface area (Å²) >= 11 is 0. The minimum absolute atomic E-state index is 0.358. The number of nitrogens with zero attached hydrogens (tertiary/aromatic N) is 2. The number of aliphatic imine (C=N–C) groups is 1. The first-order valence-electron chi connectivity index (χ1n) is 12.0. The number of allylic oxidation sites excluding steroid dienone is 6. The molecular formula is C28H47N3. The minimum atomic E-state index is 0.358. The van der Waals surface area contributed by atoms with E-state index in [0.717, 1.165) is 48.1 Å². The van der Waals surface area contributed by atoms with Crippen LogP contribution in [0.2, 0.25) is 0 Å². The molecule has 0 spiro atoms. The number of hydrogen-bond acceptors (Lipinski definition) is 3. The molecule has 1 N–H and O–H groups in total. The molecule has 3 nitrogen and oxygen atoms in total. The summed E-state index contributed by atoms with van der Waals surface area (Å²) in [5.41, 5.74) is 5.71. The number of likely N-dealkylation sites (N-methyl/N-ethyl adjacent to an activating group) is 1. The fourth-order valence-corrected chi connectivity index (χ4v) is 3.61. The van der Waals surface area contributed by atoms with E-state index in [-0.39, 0.29) is 0 Å². The Morgan fingerprint density at radius 1 is 1.16 bits per heavy atom. The first-order valence-corrected chi connectivity index (χ1v) is 12.0. The first kappa shape index (κ1) is 27.0. The van der Waals surface area contributed by atoms with Gasteiger partial charge in [0.25, 0.3) is 0 Å². The highest BCUT2D eigenvalue weighted by molar-refractivity contribution is 6.02. The van der Waals surface area contributed by atoms with Crippen molar-refractivity contribution in [3.63, 3.8) is 0 Å². The molecule has 0 radical (unpaired) electrons. The average molecular weight is 426 g/mol. The maximum absolute atomic E-state index is 5.24. The third kappa shape index (κ3) is 9.33. The van der Waals surface area contributed by atoms with E-state index in [1.165, 1.54) is 30.4 Å². The van der Waals surface area contributed by atoms with Gasteiger partial charge in [-0.2, -0.15) is 0 Å². The van der Waals surface area contributed by atoms with Gasteiger partial charge in [0.05, 0.1) is 0 Å². The van der Waals surface area contributed by atoms with Gasteiger partial charge in [0, 0.05) is 36.6 Å². The molecule has 1 rings (SSSR count). The lowest BCUT2D eigenvalue weighted by Gasteiger charge is -2.32. The Hall–Kier alpha value is -2.03. The van der Waals surface area contributed by atoms with Crippen LogP contribution in [0.4, 0.5) is 0 Å². The Morgan fingerprint density at radius 2 is 1.81 bits per heavy atom. The summed E-state index contributed by atoms with van der Waals surface area (Å²) in [6.45, 7) is 24.6. The van der Waals surface area contributed by atoms with Gasteiger partial charge in [0.2, 0.25) is 0 Å². The molecular weight excluding hydrogens is 378 g/mol. The van der Waals surface area contributed by atoms with Crippen LogP contribution in [0.5, 0.6) is 0 Å². The van der Waals surface area contributed by atoms with E-state index in [1.54, 1.807) is 0 Å². The molecule has 0 saturated heterocycles. The first-order chi connectivity index (χ1) is 14.6. The van der Waals surface area contributed by atoms with E-state index in [4.69, 9.17) is 4.99 Å². The van der Waals surface area contributed by atoms with Crippen LogP contribution >= 0.6 is 0 Å². The summed E-state index contributed by atoms with van der Waals surface area (Å²) in [4.78, 5) is 7.67. The second-order valence-electron chi connectivity index (χ2n) is 9.61. The van der Waals surface area contributed by atoms with Crippen molar-refractivity contribution in [2.24, 2.45) is 16.8 Å². The number of hydrogen-bond donors (Lipinski definition) is 1. The highest BCUT2D eigenvalue weighted by Gasteiger charge is 2.21. The topological polar surface area (TPSA) is 27.6 Å². The summed E-state index contributed by atoms with van der Waals surface area (Å²) in [5, 5.41) is 3.22. The molecule has 1 aliphatic rings. The van der Waals surface area contributed by atoms with Crippen LogP contribution in [0.1, 0.15) is 80.6 Å². The monoisotopic (exact) mass is 425 g/mol. The fourth-order valence-electron chi connectivity index (χ4n) is 3.61. The lowest BCUT2D eigenvalue weighted by Crippen LogP contribution is -2.33. The van der Waals surface area contributed by atoms with Crippen molar-refractivity contribution in [2.45, 2.75) is 86.6 Å². The van der Waals surface area contributed by atoms with Gasteiger partial charge in [-0.1, -0.05) is 63.6 Å². The molecule has 1 fully saturated rings. The maximum Gasteiger partial charge on any atom is 0.134 e. The quantitative estimate of drug-likeness (QED) is 0.232. The van der Waals surface area contributed by atoms with Gasteiger partial charge in [0.15, 0.2) is 0 Å². The molecule has 31 heavy (non-hydrogen) atoms. The van der Waals surface area contributed by atoms with E-state index in [0.29, 0.717) is 12.0 Å². The Balaban J connectivity index is 3.45. The summed E-state index contributed by atoms with van der Waals surface area (Å²) < 4.78 is 0. The van der Waals surface area contributed by atoms with E-state index in [1.807, 2.05) is 19.2 Å². The molecule has 0 aromatic carbocycles. The van der Waals surface area contributed by atoms with Crippen LogP contribution in [0.3, 0.4) is 0 Å². The Bertz CT molecular complexity index is 727. The van der Waals surface area contributed by atoms with Gasteiger partial charge < -0.3 is 10.2 Å². The largest absolute Gasteiger partial charge is 0.388 e. The zero-order valence-electron chi connectivity index (χ0n) is 21.5. The molecule has 174 valence electrons. The Kier molecular flexibility index (Phi) is 11.7. The number of nitrogens with one attached hydrogen (secondary N) is 1. The van der Waals surface area contributed by atoms with Crippen LogP contribution in [0, 0.1) is 11.8 Å². The van der Waals surface area contributed by atoms with Gasteiger partial charge in [0.1, 0.15) is 5.82 Å². The molecule has 0 aliphatic heterocycles. The van der Waals surface area contributed by atoms with Gasteiger partial charge in [-0.3, -0.25) is 0 Å². The summed E-state index contributed by atoms with van der Waals surface area (Å²) in [6, 6.07) is 0.358. The van der Waals surface area contributed by atoms with Gasteiger partial charge >= 0.3 is 0 Å². The van der Waals surface area contributed by atoms with Crippen molar-refractivity contribution < 1.29 is 0 Å². The smallest absolute Gasteiger partial charge is 0.134 e. The Morgan fingerprint density at radius 3 is 2.29 bits per heavy atom. The predicted molar refractivity (Wildman–Crippen MR) is 139 cm³/mol.